The summed E-state index contributed by atoms with van der Waals surface area (Å²) in [5.41, 5.74) is 0. The second kappa shape index (κ2) is 3.91. The maximum absolute atomic E-state index is 10.4. The third kappa shape index (κ3) is 1.94. The van der Waals surface area contributed by atoms with Gasteiger partial charge in [0, 0.05) is 19.1 Å². The third-order valence-electron chi connectivity index (χ3n) is 1.91. The number of hydrogen-bond donors (Lipinski definition) is 0. The Kier molecular flexibility index (Phi) is 3.12. The Morgan fingerprint density at radius 2 is 2.10 bits per heavy atom. The maximum atomic E-state index is 10.4. The Morgan fingerprint density at radius 1 is 1.50 bits per heavy atom. The van der Waals surface area contributed by atoms with Gasteiger partial charge in [-0.25, -0.2) is 5.11 Å². The topological polar surface area (TPSA) is 32.4 Å². The van der Waals surface area contributed by atoms with Gasteiger partial charge in [-0.15, -0.1) is 0 Å². The highest BCUT2D eigenvalue weighted by atomic mass is 16.5. The van der Waals surface area contributed by atoms with E-state index in [0.717, 1.165) is 26.3 Å². The zero-order valence-electron chi connectivity index (χ0n) is 6.38. The highest BCUT2D eigenvalue weighted by molar-refractivity contribution is 4.68. The number of rotatable bonds is 2. The predicted molar refractivity (Wildman–Crippen MR) is 37.4 cm³/mol. The SMILES string of the molecule is CC(C[O])N1CCOCC1. The molecule has 1 aliphatic heterocycles. The van der Waals surface area contributed by atoms with Gasteiger partial charge >= 0.3 is 0 Å². The summed E-state index contributed by atoms with van der Waals surface area (Å²) in [6.45, 7) is 5.37. The molecular weight excluding hydrogens is 130 g/mol. The molecule has 3 heteroatoms. The number of morpholine rings is 1. The van der Waals surface area contributed by atoms with Crippen LogP contribution < -0.4 is 0 Å². The lowest BCUT2D eigenvalue weighted by atomic mass is 10.3. The molecule has 0 amide bonds. The molecule has 0 aliphatic carbocycles. The fourth-order valence-electron chi connectivity index (χ4n) is 1.12. The van der Waals surface area contributed by atoms with Crippen molar-refractivity contribution in [2.24, 2.45) is 0 Å². The first kappa shape index (κ1) is 7.98. The monoisotopic (exact) mass is 144 g/mol. The van der Waals surface area contributed by atoms with E-state index in [4.69, 9.17) is 4.74 Å². The van der Waals surface area contributed by atoms with E-state index in [-0.39, 0.29) is 12.6 Å². The van der Waals surface area contributed by atoms with Crippen molar-refractivity contribution in [1.29, 1.82) is 0 Å². The van der Waals surface area contributed by atoms with E-state index in [9.17, 15) is 5.11 Å². The molecule has 3 nitrogen and oxygen atoms in total. The largest absolute Gasteiger partial charge is 0.379 e. The third-order valence-corrected chi connectivity index (χ3v) is 1.91. The summed E-state index contributed by atoms with van der Waals surface area (Å²) in [4.78, 5) is 2.18. The lowest BCUT2D eigenvalue weighted by Gasteiger charge is -2.30. The molecule has 0 aromatic rings. The highest BCUT2D eigenvalue weighted by Gasteiger charge is 2.15. The second-order valence-corrected chi connectivity index (χ2v) is 2.66. The zero-order chi connectivity index (χ0) is 7.40. The van der Waals surface area contributed by atoms with E-state index in [2.05, 4.69) is 4.90 Å². The molecule has 1 rings (SSSR count). The van der Waals surface area contributed by atoms with Crippen LogP contribution in [-0.4, -0.2) is 43.9 Å². The van der Waals surface area contributed by atoms with E-state index in [1.54, 1.807) is 0 Å². The van der Waals surface area contributed by atoms with Crippen molar-refractivity contribution in [3.63, 3.8) is 0 Å². The first-order valence-electron chi connectivity index (χ1n) is 3.74. The molecule has 1 heterocycles. The van der Waals surface area contributed by atoms with Crippen LogP contribution in [0.15, 0.2) is 0 Å². The molecule has 10 heavy (non-hydrogen) atoms. The van der Waals surface area contributed by atoms with Gasteiger partial charge in [-0.2, -0.15) is 0 Å². The van der Waals surface area contributed by atoms with Crippen LogP contribution in [0.3, 0.4) is 0 Å². The van der Waals surface area contributed by atoms with Gasteiger partial charge in [0.15, 0.2) is 0 Å². The zero-order valence-corrected chi connectivity index (χ0v) is 6.38. The van der Waals surface area contributed by atoms with Crippen LogP contribution in [0.25, 0.3) is 0 Å². The average molecular weight is 144 g/mol. The van der Waals surface area contributed by atoms with E-state index in [1.807, 2.05) is 6.92 Å². The Balaban J connectivity index is 2.24. The molecule has 1 unspecified atom stereocenters. The van der Waals surface area contributed by atoms with Crippen molar-refractivity contribution >= 4 is 0 Å². The normalized spacial score (nSPS) is 24.6. The molecule has 0 aromatic carbocycles. The minimum atomic E-state index is 0. The molecule has 1 radical (unpaired) electrons. The van der Waals surface area contributed by atoms with Gasteiger partial charge in [0.2, 0.25) is 0 Å². The molecule has 1 atom stereocenters. The van der Waals surface area contributed by atoms with E-state index in [0.29, 0.717) is 0 Å². The number of nitrogens with zero attached hydrogens (tertiary/aromatic N) is 1. The van der Waals surface area contributed by atoms with Crippen LogP contribution in [-0.2, 0) is 9.84 Å². The van der Waals surface area contributed by atoms with Crippen LogP contribution in [0.1, 0.15) is 6.92 Å². The second-order valence-electron chi connectivity index (χ2n) is 2.66. The minimum Gasteiger partial charge on any atom is -0.379 e. The fourth-order valence-corrected chi connectivity index (χ4v) is 1.12. The smallest absolute Gasteiger partial charge is 0.0974 e. The summed E-state index contributed by atoms with van der Waals surface area (Å²) < 4.78 is 5.15. The molecule has 0 spiro atoms. The quantitative estimate of drug-likeness (QED) is 0.552. The summed E-state index contributed by atoms with van der Waals surface area (Å²) in [5, 5.41) is 10.4. The van der Waals surface area contributed by atoms with Crippen LogP contribution in [0.5, 0.6) is 0 Å². The maximum Gasteiger partial charge on any atom is 0.0974 e. The lowest BCUT2D eigenvalue weighted by molar-refractivity contribution is -0.00114. The van der Waals surface area contributed by atoms with E-state index >= 15 is 0 Å². The molecule has 0 bridgehead atoms. The predicted octanol–water partition coefficient (Wildman–Crippen LogP) is 0.138. The highest BCUT2D eigenvalue weighted by Crippen LogP contribution is 2.01. The lowest BCUT2D eigenvalue weighted by Crippen LogP contribution is -2.43. The molecule has 1 aliphatic rings. The Bertz CT molecular complexity index is 91.6. The van der Waals surface area contributed by atoms with Gasteiger partial charge in [-0.05, 0) is 6.92 Å². The van der Waals surface area contributed by atoms with E-state index < -0.39 is 0 Å². The van der Waals surface area contributed by atoms with Gasteiger partial charge in [0.1, 0.15) is 0 Å². The molecule has 0 aromatic heterocycles. The van der Waals surface area contributed by atoms with Crippen molar-refractivity contribution in [3.8, 4) is 0 Å². The summed E-state index contributed by atoms with van der Waals surface area (Å²) in [6.07, 6.45) is 0. The average Bonchev–Trinajstić information content (AvgIpc) is 2.05. The summed E-state index contributed by atoms with van der Waals surface area (Å²) in [6, 6.07) is 0.184. The van der Waals surface area contributed by atoms with Crippen LogP contribution in [0.4, 0.5) is 0 Å². The van der Waals surface area contributed by atoms with Gasteiger partial charge < -0.3 is 4.74 Å². The molecule has 0 saturated carbocycles. The molecule has 1 saturated heterocycles. The minimum absolute atomic E-state index is 0. The van der Waals surface area contributed by atoms with Crippen LogP contribution in [0, 0.1) is 0 Å². The van der Waals surface area contributed by atoms with Crippen molar-refractivity contribution < 1.29 is 9.84 Å². The van der Waals surface area contributed by atoms with Gasteiger partial charge in [0.05, 0.1) is 19.8 Å². The number of hydrogen-bond acceptors (Lipinski definition) is 2. The standard InChI is InChI=1S/C7H14NO2/c1-7(6-9)8-2-4-10-5-3-8/h7H,2-6H2,1H3. The first-order chi connectivity index (χ1) is 4.84. The molecule has 0 N–H and O–H groups in total. The van der Waals surface area contributed by atoms with Gasteiger partial charge in [-0.3, -0.25) is 4.90 Å². The van der Waals surface area contributed by atoms with E-state index in [1.165, 1.54) is 0 Å². The van der Waals surface area contributed by atoms with Crippen molar-refractivity contribution in [2.75, 3.05) is 32.9 Å². The van der Waals surface area contributed by atoms with Crippen LogP contribution in [0.2, 0.25) is 0 Å². The Morgan fingerprint density at radius 3 is 2.60 bits per heavy atom. The molecular formula is C7H14NO2. The fraction of sp³-hybridized carbons (Fsp3) is 1.00. The summed E-state index contributed by atoms with van der Waals surface area (Å²) >= 11 is 0. The summed E-state index contributed by atoms with van der Waals surface area (Å²) in [5.74, 6) is 0. The molecule has 59 valence electrons. The Labute approximate surface area is 61.6 Å². The van der Waals surface area contributed by atoms with Gasteiger partial charge in [0.25, 0.3) is 0 Å². The van der Waals surface area contributed by atoms with Crippen molar-refractivity contribution in [3.05, 3.63) is 0 Å². The van der Waals surface area contributed by atoms with Crippen LogP contribution >= 0.6 is 0 Å². The van der Waals surface area contributed by atoms with Crippen molar-refractivity contribution in [1.82, 2.24) is 4.90 Å². The molecule has 1 fully saturated rings. The summed E-state index contributed by atoms with van der Waals surface area (Å²) in [7, 11) is 0. The Hall–Kier alpha value is -0.120. The first-order valence-corrected chi connectivity index (χ1v) is 3.74. The van der Waals surface area contributed by atoms with Crippen molar-refractivity contribution in [2.45, 2.75) is 13.0 Å². The number of ether oxygens (including phenoxy) is 1. The van der Waals surface area contributed by atoms with Gasteiger partial charge in [-0.1, -0.05) is 0 Å².